The fourth-order valence-corrected chi connectivity index (χ4v) is 5.90. The van der Waals surface area contributed by atoms with Crippen LogP contribution in [0.1, 0.15) is 12.1 Å². The molecule has 4 aliphatic carbocycles. The molecule has 5 heteroatoms. The van der Waals surface area contributed by atoms with Crippen molar-refractivity contribution in [1.82, 2.24) is 13.9 Å². The Balaban J connectivity index is 1.85. The van der Waals surface area contributed by atoms with Crippen LogP contribution in [0.5, 0.6) is 0 Å². The lowest BCUT2D eigenvalue weighted by molar-refractivity contribution is 0.112. The van der Waals surface area contributed by atoms with Gasteiger partial charge in [0.05, 0.1) is 12.1 Å². The van der Waals surface area contributed by atoms with E-state index in [1.807, 2.05) is 9.36 Å². The molecule has 3 heterocycles. The van der Waals surface area contributed by atoms with Crippen molar-refractivity contribution in [3.05, 3.63) is 21.0 Å². The van der Waals surface area contributed by atoms with Crippen molar-refractivity contribution in [3.63, 3.8) is 0 Å². The Kier molecular flexibility index (Phi) is 0.699. The van der Waals surface area contributed by atoms with Gasteiger partial charge in [-0.05, 0) is 35.5 Å². The zero-order valence-electron chi connectivity index (χ0n) is 8.78. The van der Waals surface area contributed by atoms with Gasteiger partial charge in [-0.2, -0.15) is 0 Å². The molecular weight excluding hydrogens is 206 g/mol. The molecule has 2 aliphatic heterocycles. The van der Waals surface area contributed by atoms with Gasteiger partial charge in [-0.15, -0.1) is 0 Å². The summed E-state index contributed by atoms with van der Waals surface area (Å²) in [6.07, 6.45) is 0. The summed E-state index contributed by atoms with van der Waals surface area (Å²) in [4.78, 5) is 24.1. The standard InChI is InChI=1S/C11H11N3O2/c1-12-10(15)13-8-4-2-3-6(8)7(3)9(5(2)4)14(13)11(12)16/h2-9H,1H3/t2?,3?,4-,5-,6-,7+,8?,9?/m0/s1. The fourth-order valence-electron chi connectivity index (χ4n) is 5.90. The maximum absolute atomic E-state index is 12.1. The lowest BCUT2D eigenvalue weighted by atomic mass is 9.89. The highest BCUT2D eigenvalue weighted by molar-refractivity contribution is 5.37. The van der Waals surface area contributed by atoms with Crippen LogP contribution in [0.3, 0.4) is 0 Å². The van der Waals surface area contributed by atoms with Crippen LogP contribution in [-0.2, 0) is 7.05 Å². The summed E-state index contributed by atoms with van der Waals surface area (Å²) in [6.45, 7) is 0. The molecule has 4 unspecified atom stereocenters. The number of aromatic nitrogens is 3. The molecule has 5 nitrogen and oxygen atoms in total. The average molecular weight is 217 g/mol. The Bertz CT molecular complexity index is 618. The highest BCUT2D eigenvalue weighted by Crippen LogP contribution is 2.91. The monoisotopic (exact) mass is 217 g/mol. The molecule has 0 amide bonds. The minimum Gasteiger partial charge on any atom is -0.246 e. The lowest BCUT2D eigenvalue weighted by Crippen LogP contribution is -2.45. The van der Waals surface area contributed by atoms with E-state index >= 15 is 0 Å². The van der Waals surface area contributed by atoms with Gasteiger partial charge in [-0.25, -0.2) is 23.5 Å². The van der Waals surface area contributed by atoms with Gasteiger partial charge >= 0.3 is 11.4 Å². The minimum absolute atomic E-state index is 0.0879. The van der Waals surface area contributed by atoms with Crippen molar-refractivity contribution in [3.8, 4) is 0 Å². The van der Waals surface area contributed by atoms with Crippen molar-refractivity contribution >= 4 is 0 Å². The Hall–Kier alpha value is -1.26. The molecule has 2 bridgehead atoms. The minimum atomic E-state index is -0.0879. The van der Waals surface area contributed by atoms with Gasteiger partial charge in [-0.1, -0.05) is 0 Å². The van der Waals surface area contributed by atoms with Gasteiger partial charge in [-0.3, -0.25) is 0 Å². The molecule has 0 spiro atoms. The molecule has 4 fully saturated rings. The molecule has 6 aliphatic rings. The maximum Gasteiger partial charge on any atom is 0.347 e. The van der Waals surface area contributed by atoms with E-state index in [-0.39, 0.29) is 11.4 Å². The molecule has 1 aromatic heterocycles. The van der Waals surface area contributed by atoms with Crippen LogP contribution in [-0.4, -0.2) is 13.9 Å². The lowest BCUT2D eigenvalue weighted by Gasteiger charge is -2.36. The van der Waals surface area contributed by atoms with Crippen molar-refractivity contribution in [2.45, 2.75) is 12.1 Å². The molecule has 0 N–H and O–H groups in total. The van der Waals surface area contributed by atoms with Gasteiger partial charge in [0.15, 0.2) is 0 Å². The molecule has 82 valence electrons. The third-order valence-electron chi connectivity index (χ3n) is 6.17. The molecule has 0 aromatic carbocycles. The van der Waals surface area contributed by atoms with Crippen molar-refractivity contribution in [1.29, 1.82) is 0 Å². The van der Waals surface area contributed by atoms with Crippen LogP contribution < -0.4 is 11.4 Å². The smallest absolute Gasteiger partial charge is 0.246 e. The van der Waals surface area contributed by atoms with Crippen LogP contribution in [0, 0.1) is 35.5 Å². The third-order valence-corrected chi connectivity index (χ3v) is 6.17. The molecule has 8 atom stereocenters. The SMILES string of the molecule is Cn1c(=O)n2n(c1=O)C1[C@H]3C4C5[C@H](C2[C@@H]43)[C@@H]51. The van der Waals surface area contributed by atoms with Crippen LogP contribution in [0.4, 0.5) is 0 Å². The van der Waals surface area contributed by atoms with Crippen molar-refractivity contribution < 1.29 is 0 Å². The zero-order chi connectivity index (χ0) is 10.5. The maximum atomic E-state index is 12.1. The van der Waals surface area contributed by atoms with Crippen LogP contribution in [0.15, 0.2) is 9.59 Å². The van der Waals surface area contributed by atoms with E-state index in [0.717, 1.165) is 35.5 Å². The Morgan fingerprint density at radius 3 is 1.50 bits per heavy atom. The highest BCUT2D eigenvalue weighted by Gasteiger charge is 2.90. The van der Waals surface area contributed by atoms with Gasteiger partial charge < -0.3 is 0 Å². The summed E-state index contributed by atoms with van der Waals surface area (Å²) >= 11 is 0. The van der Waals surface area contributed by atoms with E-state index in [1.54, 1.807) is 7.05 Å². The van der Waals surface area contributed by atoms with Gasteiger partial charge in [0.25, 0.3) is 0 Å². The summed E-state index contributed by atoms with van der Waals surface area (Å²) in [5.41, 5.74) is -0.176. The Morgan fingerprint density at radius 2 is 1.12 bits per heavy atom. The van der Waals surface area contributed by atoms with Crippen LogP contribution >= 0.6 is 0 Å². The Morgan fingerprint density at radius 1 is 0.750 bits per heavy atom. The second-order valence-electron chi connectivity index (χ2n) is 6.26. The van der Waals surface area contributed by atoms with Gasteiger partial charge in [0, 0.05) is 7.05 Å². The number of nitrogens with zero attached hydrogens (tertiary/aromatic N) is 3. The van der Waals surface area contributed by atoms with E-state index in [1.165, 1.54) is 4.57 Å². The van der Waals surface area contributed by atoms with Gasteiger partial charge in [0.2, 0.25) is 0 Å². The van der Waals surface area contributed by atoms with Crippen molar-refractivity contribution in [2.75, 3.05) is 0 Å². The third kappa shape index (κ3) is 0.394. The zero-order valence-corrected chi connectivity index (χ0v) is 8.78. The molecule has 16 heavy (non-hydrogen) atoms. The van der Waals surface area contributed by atoms with E-state index in [4.69, 9.17) is 0 Å². The molecular formula is C11H11N3O2. The summed E-state index contributed by atoms with van der Waals surface area (Å²) in [7, 11) is 1.60. The van der Waals surface area contributed by atoms with Gasteiger partial charge in [0.1, 0.15) is 0 Å². The quantitative estimate of drug-likeness (QED) is 0.571. The first kappa shape index (κ1) is 7.14. The second-order valence-corrected chi connectivity index (χ2v) is 6.26. The van der Waals surface area contributed by atoms with Crippen molar-refractivity contribution in [2.24, 2.45) is 42.6 Å². The topological polar surface area (TPSA) is 48.9 Å². The average Bonchev–Trinajstić information content (AvgIpc) is 3.10. The summed E-state index contributed by atoms with van der Waals surface area (Å²) in [6, 6.07) is 0.771. The first-order valence-corrected chi connectivity index (χ1v) is 6.13. The van der Waals surface area contributed by atoms with Crippen LogP contribution in [0.2, 0.25) is 0 Å². The number of hydrogen-bond acceptors (Lipinski definition) is 2. The normalized spacial score (nSPS) is 60.1. The van der Waals surface area contributed by atoms with Crippen LogP contribution in [0.25, 0.3) is 0 Å². The summed E-state index contributed by atoms with van der Waals surface area (Å²) in [5, 5.41) is 0. The molecule has 0 radical (unpaired) electrons. The van der Waals surface area contributed by atoms with E-state index < -0.39 is 0 Å². The largest absolute Gasteiger partial charge is 0.347 e. The molecule has 0 saturated heterocycles. The summed E-state index contributed by atoms with van der Waals surface area (Å²) in [5.74, 6) is 4.77. The number of hydrogen-bond donors (Lipinski definition) is 0. The molecule has 4 saturated carbocycles. The highest BCUT2D eigenvalue weighted by atomic mass is 16.2. The molecule has 1 aromatic rings. The fraction of sp³-hybridized carbons (Fsp3) is 0.818. The van der Waals surface area contributed by atoms with E-state index in [0.29, 0.717) is 12.1 Å². The Labute approximate surface area is 90.3 Å². The van der Waals surface area contributed by atoms with E-state index in [2.05, 4.69) is 0 Å². The predicted molar refractivity (Wildman–Crippen MR) is 52.9 cm³/mol. The predicted octanol–water partition coefficient (Wildman–Crippen LogP) is -0.804. The van der Waals surface area contributed by atoms with E-state index in [9.17, 15) is 9.59 Å². The first-order chi connectivity index (χ1) is 7.73. The first-order valence-electron chi connectivity index (χ1n) is 6.13. The summed E-state index contributed by atoms with van der Waals surface area (Å²) < 4.78 is 4.90. The molecule has 7 rings (SSSR count). The number of rotatable bonds is 0. The second kappa shape index (κ2) is 1.57.